The smallest absolute Gasteiger partial charge is 0.123 e. The van der Waals surface area contributed by atoms with E-state index >= 15 is 0 Å². The third-order valence-electron chi connectivity index (χ3n) is 3.52. The van der Waals surface area contributed by atoms with Gasteiger partial charge in [-0.05, 0) is 37.6 Å². The molecule has 0 aliphatic heterocycles. The van der Waals surface area contributed by atoms with Crippen molar-refractivity contribution in [2.45, 2.75) is 26.4 Å². The SMILES string of the molecule is COc1ccc(C)cc1C(C)NCc1cccc(C#N)c1.Cl. The zero-order valence-corrected chi connectivity index (χ0v) is 13.9. The fraction of sp³-hybridized carbons (Fsp3) is 0.278. The molecule has 0 aliphatic rings. The fourth-order valence-corrected chi connectivity index (χ4v) is 2.32. The maximum Gasteiger partial charge on any atom is 0.123 e. The third-order valence-corrected chi connectivity index (χ3v) is 3.52. The molecule has 116 valence electrons. The van der Waals surface area contributed by atoms with Gasteiger partial charge in [0.1, 0.15) is 5.75 Å². The Bertz CT molecular complexity index is 664. The van der Waals surface area contributed by atoms with Crippen LogP contribution in [-0.4, -0.2) is 7.11 Å². The van der Waals surface area contributed by atoms with Crippen molar-refractivity contribution < 1.29 is 4.74 Å². The van der Waals surface area contributed by atoms with E-state index in [1.807, 2.05) is 36.4 Å². The lowest BCUT2D eigenvalue weighted by atomic mass is 10.0. The summed E-state index contributed by atoms with van der Waals surface area (Å²) in [5.41, 5.74) is 4.16. The lowest BCUT2D eigenvalue weighted by Crippen LogP contribution is -2.19. The van der Waals surface area contributed by atoms with Crippen LogP contribution in [0.3, 0.4) is 0 Å². The number of rotatable bonds is 5. The summed E-state index contributed by atoms with van der Waals surface area (Å²) in [6.45, 7) is 4.91. The van der Waals surface area contributed by atoms with E-state index in [0.717, 1.165) is 16.9 Å². The highest BCUT2D eigenvalue weighted by Gasteiger charge is 2.11. The van der Waals surface area contributed by atoms with Crippen LogP contribution in [0.2, 0.25) is 0 Å². The van der Waals surface area contributed by atoms with Crippen LogP contribution in [-0.2, 0) is 6.54 Å². The average molecular weight is 317 g/mol. The Morgan fingerprint density at radius 2 is 2.00 bits per heavy atom. The Labute approximate surface area is 138 Å². The number of halogens is 1. The monoisotopic (exact) mass is 316 g/mol. The van der Waals surface area contributed by atoms with Crippen LogP contribution >= 0.6 is 12.4 Å². The zero-order chi connectivity index (χ0) is 15.2. The molecule has 1 atom stereocenters. The van der Waals surface area contributed by atoms with E-state index in [0.29, 0.717) is 12.1 Å². The average Bonchev–Trinajstić information content (AvgIpc) is 2.52. The van der Waals surface area contributed by atoms with E-state index in [1.54, 1.807) is 7.11 Å². The van der Waals surface area contributed by atoms with Crippen LogP contribution in [0.15, 0.2) is 42.5 Å². The second-order valence-corrected chi connectivity index (χ2v) is 5.16. The molecule has 0 saturated heterocycles. The largest absolute Gasteiger partial charge is 0.496 e. The molecule has 3 nitrogen and oxygen atoms in total. The van der Waals surface area contributed by atoms with Crippen LogP contribution in [0.5, 0.6) is 5.75 Å². The van der Waals surface area contributed by atoms with Crippen LogP contribution in [0.4, 0.5) is 0 Å². The molecule has 2 aromatic carbocycles. The summed E-state index contributed by atoms with van der Waals surface area (Å²) in [6, 6.07) is 16.2. The minimum absolute atomic E-state index is 0. The normalized spacial score (nSPS) is 11.2. The number of benzene rings is 2. The molecule has 4 heteroatoms. The van der Waals surface area contributed by atoms with Gasteiger partial charge in [0.15, 0.2) is 0 Å². The topological polar surface area (TPSA) is 45.0 Å². The van der Waals surface area contributed by atoms with Gasteiger partial charge in [-0.3, -0.25) is 0 Å². The summed E-state index contributed by atoms with van der Waals surface area (Å²) in [6.07, 6.45) is 0. The number of hydrogen-bond acceptors (Lipinski definition) is 3. The summed E-state index contributed by atoms with van der Waals surface area (Å²) in [5, 5.41) is 12.4. The molecule has 0 aliphatic carbocycles. The van der Waals surface area contributed by atoms with Crippen molar-refractivity contribution in [2.75, 3.05) is 7.11 Å². The quantitative estimate of drug-likeness (QED) is 0.901. The molecule has 22 heavy (non-hydrogen) atoms. The van der Waals surface area contributed by atoms with E-state index in [1.165, 1.54) is 5.56 Å². The predicted octanol–water partition coefficient (Wildman–Crippen LogP) is 4.15. The summed E-state index contributed by atoms with van der Waals surface area (Å²) in [5.74, 6) is 0.895. The Morgan fingerprint density at radius 3 is 2.68 bits per heavy atom. The van der Waals surface area contributed by atoms with E-state index in [9.17, 15) is 0 Å². The first kappa shape index (κ1) is 18.0. The van der Waals surface area contributed by atoms with Crippen molar-refractivity contribution in [3.63, 3.8) is 0 Å². The number of hydrogen-bond donors (Lipinski definition) is 1. The Kier molecular flexibility index (Phi) is 6.91. The second kappa shape index (κ2) is 8.43. The van der Waals surface area contributed by atoms with Crippen LogP contribution < -0.4 is 10.1 Å². The van der Waals surface area contributed by atoms with Gasteiger partial charge in [-0.2, -0.15) is 5.26 Å². The molecule has 0 spiro atoms. The van der Waals surface area contributed by atoms with E-state index in [-0.39, 0.29) is 18.4 Å². The van der Waals surface area contributed by atoms with Gasteiger partial charge in [0.05, 0.1) is 18.7 Å². The molecule has 2 aromatic rings. The molecule has 0 bridgehead atoms. The molecule has 0 saturated carbocycles. The molecule has 0 radical (unpaired) electrons. The fourth-order valence-electron chi connectivity index (χ4n) is 2.32. The first-order chi connectivity index (χ1) is 10.1. The Hall–Kier alpha value is -2.02. The van der Waals surface area contributed by atoms with Gasteiger partial charge < -0.3 is 10.1 Å². The van der Waals surface area contributed by atoms with Crippen molar-refractivity contribution in [3.05, 3.63) is 64.7 Å². The second-order valence-electron chi connectivity index (χ2n) is 5.16. The lowest BCUT2D eigenvalue weighted by molar-refractivity contribution is 0.401. The van der Waals surface area contributed by atoms with Gasteiger partial charge in [-0.25, -0.2) is 0 Å². The minimum atomic E-state index is 0. The number of ether oxygens (including phenoxy) is 1. The summed E-state index contributed by atoms with van der Waals surface area (Å²) < 4.78 is 5.43. The summed E-state index contributed by atoms with van der Waals surface area (Å²) in [4.78, 5) is 0. The van der Waals surface area contributed by atoms with Crippen molar-refractivity contribution in [1.82, 2.24) is 5.32 Å². The summed E-state index contributed by atoms with van der Waals surface area (Å²) in [7, 11) is 1.69. The maximum atomic E-state index is 8.93. The number of aryl methyl sites for hydroxylation is 1. The first-order valence-electron chi connectivity index (χ1n) is 7.01. The van der Waals surface area contributed by atoms with Gasteiger partial charge in [0, 0.05) is 18.2 Å². The van der Waals surface area contributed by atoms with Gasteiger partial charge >= 0.3 is 0 Å². The van der Waals surface area contributed by atoms with Crippen LogP contribution in [0.1, 0.15) is 35.2 Å². The first-order valence-corrected chi connectivity index (χ1v) is 7.01. The molecule has 0 amide bonds. The molecule has 2 rings (SSSR count). The van der Waals surface area contributed by atoms with E-state index in [4.69, 9.17) is 10.00 Å². The van der Waals surface area contributed by atoms with Crippen molar-refractivity contribution in [1.29, 1.82) is 5.26 Å². The van der Waals surface area contributed by atoms with Crippen LogP contribution in [0, 0.1) is 18.3 Å². The Morgan fingerprint density at radius 1 is 1.23 bits per heavy atom. The van der Waals surface area contributed by atoms with Crippen LogP contribution in [0.25, 0.3) is 0 Å². The molecule has 0 aromatic heterocycles. The van der Waals surface area contributed by atoms with E-state index < -0.39 is 0 Å². The molecule has 1 N–H and O–H groups in total. The van der Waals surface area contributed by atoms with Gasteiger partial charge in [0.25, 0.3) is 0 Å². The number of methoxy groups -OCH3 is 1. The third kappa shape index (κ3) is 4.49. The molecule has 1 unspecified atom stereocenters. The molecule has 0 fully saturated rings. The zero-order valence-electron chi connectivity index (χ0n) is 13.1. The Balaban J connectivity index is 0.00000242. The standard InChI is InChI=1S/C18H20N2O.ClH/c1-13-7-8-18(21-3)17(9-13)14(2)20-12-16-6-4-5-15(10-16)11-19;/h4-10,14,20H,12H2,1-3H3;1H. The van der Waals surface area contributed by atoms with Gasteiger partial charge in [-0.15, -0.1) is 12.4 Å². The van der Waals surface area contributed by atoms with Crippen molar-refractivity contribution in [2.24, 2.45) is 0 Å². The molecular formula is C18H21ClN2O. The van der Waals surface area contributed by atoms with E-state index in [2.05, 4.69) is 31.3 Å². The van der Waals surface area contributed by atoms with Crippen molar-refractivity contribution in [3.8, 4) is 11.8 Å². The van der Waals surface area contributed by atoms with Crippen molar-refractivity contribution >= 4 is 12.4 Å². The minimum Gasteiger partial charge on any atom is -0.496 e. The molecule has 0 heterocycles. The summed E-state index contributed by atoms with van der Waals surface area (Å²) >= 11 is 0. The number of nitrogens with one attached hydrogen (secondary N) is 1. The molecular weight excluding hydrogens is 296 g/mol. The highest BCUT2D eigenvalue weighted by molar-refractivity contribution is 5.85. The highest BCUT2D eigenvalue weighted by atomic mass is 35.5. The predicted molar refractivity (Wildman–Crippen MR) is 91.4 cm³/mol. The number of nitriles is 1. The van der Waals surface area contributed by atoms with Gasteiger partial charge in [0.2, 0.25) is 0 Å². The number of nitrogens with zero attached hydrogens (tertiary/aromatic N) is 1. The lowest BCUT2D eigenvalue weighted by Gasteiger charge is -2.18. The highest BCUT2D eigenvalue weighted by Crippen LogP contribution is 2.26. The maximum absolute atomic E-state index is 8.93. The van der Waals surface area contributed by atoms with Gasteiger partial charge in [-0.1, -0.05) is 29.8 Å².